The molecular weight excluding hydrogens is 216 g/mol. The van der Waals surface area contributed by atoms with E-state index in [9.17, 15) is 0 Å². The molecule has 6 heteroatoms. The number of nitrogens with one attached hydrogen (secondary N) is 1. The Bertz CT molecular complexity index is 625. The minimum absolute atomic E-state index is 0.539. The highest BCUT2D eigenvalue weighted by Crippen LogP contribution is 2.28. The van der Waals surface area contributed by atoms with E-state index in [1.165, 1.54) is 6.33 Å². The number of nitrogens with two attached hydrogens (primary N) is 1. The van der Waals surface area contributed by atoms with Gasteiger partial charge in [-0.1, -0.05) is 18.2 Å². The third-order valence-electron chi connectivity index (χ3n) is 2.53. The third kappa shape index (κ3) is 1.55. The lowest BCUT2D eigenvalue weighted by molar-refractivity contribution is 0.881. The van der Waals surface area contributed by atoms with E-state index < -0.39 is 0 Å². The van der Waals surface area contributed by atoms with E-state index >= 15 is 0 Å². The molecule has 0 unspecified atom stereocenters. The molecule has 0 bridgehead atoms. The Morgan fingerprint density at radius 1 is 1.18 bits per heavy atom. The van der Waals surface area contributed by atoms with Gasteiger partial charge in [0, 0.05) is 11.1 Å². The molecule has 0 aliphatic rings. The highest BCUT2D eigenvalue weighted by molar-refractivity contribution is 5.79. The fourth-order valence-corrected chi connectivity index (χ4v) is 1.74. The van der Waals surface area contributed by atoms with Crippen LogP contribution in [-0.2, 0) is 0 Å². The zero-order valence-electron chi connectivity index (χ0n) is 8.91. The van der Waals surface area contributed by atoms with Gasteiger partial charge in [-0.2, -0.15) is 10.2 Å². The number of H-pyrrole nitrogens is 1. The van der Waals surface area contributed by atoms with Crippen molar-refractivity contribution in [2.24, 2.45) is 0 Å². The largest absolute Gasteiger partial charge is 0.384 e. The van der Waals surface area contributed by atoms with Crippen molar-refractivity contribution in [2.45, 2.75) is 0 Å². The van der Waals surface area contributed by atoms with Crippen molar-refractivity contribution in [3.05, 3.63) is 43.1 Å². The molecule has 0 amide bonds. The molecule has 0 saturated carbocycles. The molecule has 3 rings (SSSR count). The normalized spacial score (nSPS) is 10.6. The molecule has 0 saturated heterocycles. The number of para-hydroxylation sites is 1. The molecule has 2 heterocycles. The second-order valence-corrected chi connectivity index (χ2v) is 3.55. The Morgan fingerprint density at radius 2 is 2.06 bits per heavy atom. The summed E-state index contributed by atoms with van der Waals surface area (Å²) in [5, 5.41) is 10.8. The zero-order chi connectivity index (χ0) is 11.7. The fraction of sp³-hybridized carbons (Fsp3) is 0. The van der Waals surface area contributed by atoms with Gasteiger partial charge in [0.1, 0.15) is 18.5 Å². The first-order valence-electron chi connectivity index (χ1n) is 5.09. The first-order chi connectivity index (χ1) is 8.36. The molecule has 0 atom stereocenters. The standard InChI is InChI=1S/C11H10N6/c12-11-9(5-14-16-11)8-3-1-2-4-10(8)17-7-13-6-15-17/h1-7H,(H3,12,14,16). The lowest BCUT2D eigenvalue weighted by atomic mass is 10.1. The predicted molar refractivity (Wildman–Crippen MR) is 63.4 cm³/mol. The Balaban J connectivity index is 2.22. The lowest BCUT2D eigenvalue weighted by Gasteiger charge is -2.07. The summed E-state index contributed by atoms with van der Waals surface area (Å²) in [5.74, 6) is 0.539. The second-order valence-electron chi connectivity index (χ2n) is 3.55. The van der Waals surface area contributed by atoms with Crippen molar-refractivity contribution in [3.8, 4) is 16.8 Å². The van der Waals surface area contributed by atoms with Crippen LogP contribution in [0.5, 0.6) is 0 Å². The minimum Gasteiger partial charge on any atom is -0.384 e. The zero-order valence-corrected chi connectivity index (χ0v) is 8.91. The van der Waals surface area contributed by atoms with Crippen LogP contribution < -0.4 is 5.73 Å². The summed E-state index contributed by atoms with van der Waals surface area (Å²) in [4.78, 5) is 3.94. The number of hydrogen-bond donors (Lipinski definition) is 2. The Morgan fingerprint density at radius 3 is 2.76 bits per heavy atom. The third-order valence-corrected chi connectivity index (χ3v) is 2.53. The maximum atomic E-state index is 5.83. The van der Waals surface area contributed by atoms with Crippen LogP contribution in [0.15, 0.2) is 43.1 Å². The van der Waals surface area contributed by atoms with Crippen LogP contribution in [0, 0.1) is 0 Å². The highest BCUT2D eigenvalue weighted by Gasteiger charge is 2.10. The van der Waals surface area contributed by atoms with E-state index in [-0.39, 0.29) is 0 Å². The molecular formula is C11H10N6. The molecule has 84 valence electrons. The van der Waals surface area contributed by atoms with E-state index in [0.29, 0.717) is 5.82 Å². The van der Waals surface area contributed by atoms with Gasteiger partial charge in [0.15, 0.2) is 0 Å². The van der Waals surface area contributed by atoms with Gasteiger partial charge in [0.2, 0.25) is 0 Å². The van der Waals surface area contributed by atoms with Crippen molar-refractivity contribution in [2.75, 3.05) is 5.73 Å². The molecule has 0 aliphatic carbocycles. The van der Waals surface area contributed by atoms with E-state index in [2.05, 4.69) is 20.3 Å². The van der Waals surface area contributed by atoms with E-state index in [1.54, 1.807) is 17.2 Å². The molecule has 1 aromatic carbocycles. The smallest absolute Gasteiger partial charge is 0.138 e. The van der Waals surface area contributed by atoms with E-state index in [1.807, 2.05) is 24.3 Å². The maximum absolute atomic E-state index is 5.83. The quantitative estimate of drug-likeness (QED) is 0.688. The predicted octanol–water partition coefficient (Wildman–Crippen LogP) is 1.24. The Kier molecular flexibility index (Phi) is 2.11. The number of nitrogen functional groups attached to an aromatic ring is 1. The van der Waals surface area contributed by atoms with Gasteiger partial charge in [-0.25, -0.2) is 9.67 Å². The minimum atomic E-state index is 0.539. The number of rotatable bonds is 2. The van der Waals surface area contributed by atoms with Gasteiger partial charge in [-0.05, 0) is 6.07 Å². The Labute approximate surface area is 97.1 Å². The van der Waals surface area contributed by atoms with Gasteiger partial charge in [-0.15, -0.1) is 0 Å². The molecule has 0 spiro atoms. The molecule has 2 aromatic heterocycles. The first-order valence-corrected chi connectivity index (χ1v) is 5.09. The molecule has 0 radical (unpaired) electrons. The van der Waals surface area contributed by atoms with Gasteiger partial charge in [-0.3, -0.25) is 5.10 Å². The summed E-state index contributed by atoms with van der Waals surface area (Å²) in [6.07, 6.45) is 4.84. The summed E-state index contributed by atoms with van der Waals surface area (Å²) in [6, 6.07) is 7.81. The molecule has 6 nitrogen and oxygen atoms in total. The molecule has 3 aromatic rings. The number of aromatic amines is 1. The molecule has 0 aliphatic heterocycles. The monoisotopic (exact) mass is 226 g/mol. The van der Waals surface area contributed by atoms with Crippen molar-refractivity contribution in [1.82, 2.24) is 25.0 Å². The average Bonchev–Trinajstić information content (AvgIpc) is 3.00. The SMILES string of the molecule is Nc1[nH]ncc1-c1ccccc1-n1cncn1. The van der Waals surface area contributed by atoms with E-state index in [4.69, 9.17) is 5.73 Å². The van der Waals surface area contributed by atoms with Crippen LogP contribution >= 0.6 is 0 Å². The summed E-state index contributed by atoms with van der Waals surface area (Å²) < 4.78 is 1.70. The first kappa shape index (κ1) is 9.59. The van der Waals surface area contributed by atoms with Crippen molar-refractivity contribution in [3.63, 3.8) is 0 Å². The van der Waals surface area contributed by atoms with Gasteiger partial charge in [0.25, 0.3) is 0 Å². The summed E-state index contributed by atoms with van der Waals surface area (Å²) in [5.41, 5.74) is 8.57. The van der Waals surface area contributed by atoms with Crippen LogP contribution in [0.4, 0.5) is 5.82 Å². The van der Waals surface area contributed by atoms with Crippen LogP contribution in [-0.4, -0.2) is 25.0 Å². The Hall–Kier alpha value is -2.63. The number of anilines is 1. The lowest BCUT2D eigenvalue weighted by Crippen LogP contribution is -1.98. The highest BCUT2D eigenvalue weighted by atomic mass is 15.3. The maximum Gasteiger partial charge on any atom is 0.138 e. The van der Waals surface area contributed by atoms with Crippen LogP contribution in [0.2, 0.25) is 0 Å². The van der Waals surface area contributed by atoms with Crippen molar-refractivity contribution >= 4 is 5.82 Å². The molecule has 3 N–H and O–H groups in total. The molecule has 0 fully saturated rings. The number of nitrogens with zero attached hydrogens (tertiary/aromatic N) is 4. The van der Waals surface area contributed by atoms with E-state index in [0.717, 1.165) is 16.8 Å². The second kappa shape index (κ2) is 3.75. The molecule has 17 heavy (non-hydrogen) atoms. The summed E-state index contributed by atoms with van der Waals surface area (Å²) in [7, 11) is 0. The van der Waals surface area contributed by atoms with Crippen molar-refractivity contribution in [1.29, 1.82) is 0 Å². The van der Waals surface area contributed by atoms with Gasteiger partial charge in [0.05, 0.1) is 11.9 Å². The summed E-state index contributed by atoms with van der Waals surface area (Å²) in [6.45, 7) is 0. The number of aromatic nitrogens is 5. The van der Waals surface area contributed by atoms with Gasteiger partial charge < -0.3 is 5.73 Å². The number of benzene rings is 1. The van der Waals surface area contributed by atoms with Crippen molar-refractivity contribution < 1.29 is 0 Å². The van der Waals surface area contributed by atoms with Gasteiger partial charge >= 0.3 is 0 Å². The average molecular weight is 226 g/mol. The summed E-state index contributed by atoms with van der Waals surface area (Å²) >= 11 is 0. The van der Waals surface area contributed by atoms with Crippen LogP contribution in [0.1, 0.15) is 0 Å². The topological polar surface area (TPSA) is 85.4 Å². The fourth-order valence-electron chi connectivity index (χ4n) is 1.74. The van der Waals surface area contributed by atoms with Crippen LogP contribution in [0.3, 0.4) is 0 Å². The number of hydrogen-bond acceptors (Lipinski definition) is 4. The van der Waals surface area contributed by atoms with Crippen LogP contribution in [0.25, 0.3) is 16.8 Å².